The van der Waals surface area contributed by atoms with Gasteiger partial charge in [-0.25, -0.2) is 14.5 Å². The van der Waals surface area contributed by atoms with Gasteiger partial charge in [-0.2, -0.15) is 0 Å². The number of hydrogen-bond donors (Lipinski definition) is 2. The highest BCUT2D eigenvalue weighted by Crippen LogP contribution is 2.25. The van der Waals surface area contributed by atoms with Gasteiger partial charge >= 0.3 is 0 Å². The van der Waals surface area contributed by atoms with Crippen molar-refractivity contribution in [2.24, 2.45) is 0 Å². The third kappa shape index (κ3) is 5.50. The van der Waals surface area contributed by atoms with Gasteiger partial charge in [0.2, 0.25) is 5.82 Å². The highest BCUT2D eigenvalue weighted by atomic mass is 16.1. The normalized spacial score (nSPS) is 14.7. The summed E-state index contributed by atoms with van der Waals surface area (Å²) in [4.78, 5) is 31.3. The van der Waals surface area contributed by atoms with Crippen molar-refractivity contribution in [1.29, 1.82) is 0 Å². The zero-order valence-electron chi connectivity index (χ0n) is 20.7. The SMILES string of the molecule is Cc1cccc(-c2nc(Nc3ccncc3C(=O)NCCCN3CCN(C)CC3)c3cccn3n2)n1. The number of amides is 1. The lowest BCUT2D eigenvalue weighted by atomic mass is 10.2. The number of nitrogens with one attached hydrogen (secondary N) is 2. The molecule has 1 aliphatic heterocycles. The fourth-order valence-corrected chi connectivity index (χ4v) is 4.29. The molecule has 2 N–H and O–H groups in total. The van der Waals surface area contributed by atoms with Crippen molar-refractivity contribution in [2.75, 3.05) is 51.6 Å². The average molecular weight is 486 g/mol. The fourth-order valence-electron chi connectivity index (χ4n) is 4.29. The third-order valence-corrected chi connectivity index (χ3v) is 6.36. The molecule has 36 heavy (non-hydrogen) atoms. The van der Waals surface area contributed by atoms with Crippen LogP contribution in [0.3, 0.4) is 0 Å². The van der Waals surface area contributed by atoms with Crippen LogP contribution in [0.2, 0.25) is 0 Å². The third-order valence-electron chi connectivity index (χ3n) is 6.36. The zero-order chi connectivity index (χ0) is 24.9. The quantitative estimate of drug-likeness (QED) is 0.367. The van der Waals surface area contributed by atoms with Crippen molar-refractivity contribution >= 4 is 22.9 Å². The Balaban J connectivity index is 1.30. The summed E-state index contributed by atoms with van der Waals surface area (Å²) < 4.78 is 1.76. The number of piperazine rings is 1. The maximum absolute atomic E-state index is 13.0. The predicted octanol–water partition coefficient (Wildman–Crippen LogP) is 2.61. The molecule has 0 saturated carbocycles. The Morgan fingerprint density at radius 3 is 2.75 bits per heavy atom. The first-order valence-electron chi connectivity index (χ1n) is 12.3. The first kappa shape index (κ1) is 23.8. The van der Waals surface area contributed by atoms with E-state index in [2.05, 4.69) is 42.5 Å². The molecule has 0 atom stereocenters. The summed E-state index contributed by atoms with van der Waals surface area (Å²) in [5, 5.41) is 11.0. The molecule has 0 radical (unpaired) electrons. The summed E-state index contributed by atoms with van der Waals surface area (Å²) in [5.41, 5.74) is 3.46. The highest BCUT2D eigenvalue weighted by Gasteiger charge is 2.17. The Morgan fingerprint density at radius 1 is 1.06 bits per heavy atom. The summed E-state index contributed by atoms with van der Waals surface area (Å²) in [6.07, 6.45) is 6.01. The van der Waals surface area contributed by atoms with E-state index in [0.717, 1.165) is 50.4 Å². The molecule has 10 heteroatoms. The molecular weight excluding hydrogens is 454 g/mol. The van der Waals surface area contributed by atoms with Gasteiger partial charge in [-0.1, -0.05) is 6.07 Å². The van der Waals surface area contributed by atoms with Crippen molar-refractivity contribution in [3.05, 3.63) is 66.2 Å². The molecule has 4 aromatic rings. The topological polar surface area (TPSA) is 104 Å². The largest absolute Gasteiger partial charge is 0.352 e. The number of aryl methyl sites for hydroxylation is 1. The number of carbonyl (C=O) groups excluding carboxylic acids is 1. The van der Waals surface area contributed by atoms with Gasteiger partial charge in [0.25, 0.3) is 5.91 Å². The molecule has 5 rings (SSSR count). The Kier molecular flexibility index (Phi) is 7.15. The molecule has 0 aromatic carbocycles. The van der Waals surface area contributed by atoms with Gasteiger partial charge in [-0.15, -0.1) is 5.10 Å². The molecule has 0 unspecified atom stereocenters. The van der Waals surface area contributed by atoms with E-state index < -0.39 is 0 Å². The summed E-state index contributed by atoms with van der Waals surface area (Å²) in [5.74, 6) is 0.919. The van der Waals surface area contributed by atoms with E-state index in [1.165, 1.54) is 0 Å². The number of rotatable bonds is 8. The Morgan fingerprint density at radius 2 is 1.92 bits per heavy atom. The van der Waals surface area contributed by atoms with Crippen molar-refractivity contribution in [2.45, 2.75) is 13.3 Å². The summed E-state index contributed by atoms with van der Waals surface area (Å²) in [6, 6.07) is 11.4. The monoisotopic (exact) mass is 485 g/mol. The zero-order valence-corrected chi connectivity index (χ0v) is 20.7. The number of carbonyl (C=O) groups is 1. The van der Waals surface area contributed by atoms with E-state index in [4.69, 9.17) is 4.98 Å². The number of aromatic nitrogens is 5. The molecule has 0 spiro atoms. The lowest BCUT2D eigenvalue weighted by Crippen LogP contribution is -2.45. The smallest absolute Gasteiger partial charge is 0.254 e. The van der Waals surface area contributed by atoms with Crippen LogP contribution in [-0.2, 0) is 0 Å². The minimum atomic E-state index is -0.162. The number of likely N-dealkylation sites (N-methyl/N-ethyl adjacent to an activating group) is 1. The van der Waals surface area contributed by atoms with Crippen molar-refractivity contribution in [1.82, 2.24) is 39.7 Å². The van der Waals surface area contributed by atoms with Gasteiger partial charge in [0, 0.05) is 57.0 Å². The molecule has 5 heterocycles. The maximum atomic E-state index is 13.0. The van der Waals surface area contributed by atoms with Gasteiger partial charge in [0.15, 0.2) is 5.82 Å². The van der Waals surface area contributed by atoms with Crippen LogP contribution in [0.4, 0.5) is 11.5 Å². The van der Waals surface area contributed by atoms with Crippen LogP contribution in [0.15, 0.2) is 55.0 Å². The number of hydrogen-bond acceptors (Lipinski definition) is 8. The van der Waals surface area contributed by atoms with Crippen molar-refractivity contribution < 1.29 is 4.79 Å². The molecule has 0 bridgehead atoms. The highest BCUT2D eigenvalue weighted by molar-refractivity contribution is 6.00. The second-order valence-corrected chi connectivity index (χ2v) is 9.09. The molecule has 1 amide bonds. The predicted molar refractivity (Wildman–Crippen MR) is 139 cm³/mol. The summed E-state index contributed by atoms with van der Waals surface area (Å²) in [6.45, 7) is 7.87. The van der Waals surface area contributed by atoms with Gasteiger partial charge in [0.05, 0.1) is 11.3 Å². The van der Waals surface area contributed by atoms with E-state index in [0.29, 0.717) is 35.1 Å². The van der Waals surface area contributed by atoms with Gasteiger partial charge in [0.1, 0.15) is 11.2 Å². The first-order valence-corrected chi connectivity index (χ1v) is 12.3. The van der Waals surface area contributed by atoms with E-state index in [1.807, 2.05) is 43.5 Å². The van der Waals surface area contributed by atoms with E-state index in [-0.39, 0.29) is 5.91 Å². The minimum absolute atomic E-state index is 0.162. The summed E-state index contributed by atoms with van der Waals surface area (Å²) in [7, 11) is 2.15. The average Bonchev–Trinajstić information content (AvgIpc) is 3.37. The van der Waals surface area contributed by atoms with Crippen LogP contribution < -0.4 is 10.6 Å². The second-order valence-electron chi connectivity index (χ2n) is 9.09. The van der Waals surface area contributed by atoms with E-state index in [1.54, 1.807) is 23.0 Å². The molecule has 4 aromatic heterocycles. The molecular formula is C26H31N9O. The first-order chi connectivity index (χ1) is 17.6. The van der Waals surface area contributed by atoms with Crippen molar-refractivity contribution in [3.8, 4) is 11.5 Å². The van der Waals surface area contributed by atoms with Crippen molar-refractivity contribution in [3.63, 3.8) is 0 Å². The molecule has 10 nitrogen and oxygen atoms in total. The fraction of sp³-hybridized carbons (Fsp3) is 0.346. The van der Waals surface area contributed by atoms with Crippen LogP contribution >= 0.6 is 0 Å². The van der Waals surface area contributed by atoms with Gasteiger partial charge in [-0.05, 0) is 57.3 Å². The van der Waals surface area contributed by atoms with Gasteiger partial charge < -0.3 is 20.4 Å². The Labute approximate surface area is 210 Å². The second kappa shape index (κ2) is 10.8. The van der Waals surface area contributed by atoms with E-state index >= 15 is 0 Å². The number of fused-ring (bicyclic) bond motifs is 1. The Bertz CT molecular complexity index is 1340. The number of anilines is 2. The molecule has 186 valence electrons. The number of nitrogens with zero attached hydrogens (tertiary/aromatic N) is 7. The van der Waals surface area contributed by atoms with E-state index in [9.17, 15) is 4.79 Å². The van der Waals surface area contributed by atoms with Crippen LogP contribution in [-0.4, -0.2) is 86.6 Å². The minimum Gasteiger partial charge on any atom is -0.352 e. The molecule has 0 aliphatic carbocycles. The maximum Gasteiger partial charge on any atom is 0.254 e. The van der Waals surface area contributed by atoms with Crippen LogP contribution in [0.1, 0.15) is 22.5 Å². The lowest BCUT2D eigenvalue weighted by molar-refractivity contribution is 0.0950. The standard InChI is InChI=1S/C26H31N9O/c1-19-6-3-7-22(29-19)24-31-25(23-8-4-13-35(23)32-24)30-21-9-11-27-18-20(21)26(36)28-10-5-12-34-16-14-33(2)15-17-34/h3-4,6-9,11,13,18H,5,10,12,14-17H2,1-2H3,(H,28,36)(H,27,30,31,32). The molecule has 1 saturated heterocycles. The van der Waals surface area contributed by atoms with Crippen LogP contribution in [0.25, 0.3) is 17.0 Å². The molecule has 1 aliphatic rings. The summed E-state index contributed by atoms with van der Waals surface area (Å²) >= 11 is 0. The molecule has 1 fully saturated rings. The Hall–Kier alpha value is -3.89. The lowest BCUT2D eigenvalue weighted by Gasteiger charge is -2.32. The van der Waals surface area contributed by atoms with Crippen LogP contribution in [0, 0.1) is 6.92 Å². The van der Waals surface area contributed by atoms with Crippen LogP contribution in [0.5, 0.6) is 0 Å². The number of pyridine rings is 2. The van der Waals surface area contributed by atoms with Gasteiger partial charge in [-0.3, -0.25) is 9.78 Å².